The maximum Gasteiger partial charge on any atom is 0.296 e. The minimum absolute atomic E-state index is 0.0186. The van der Waals surface area contributed by atoms with Gasteiger partial charge in [0.2, 0.25) is 0 Å². The average Bonchev–Trinajstić information content (AvgIpc) is 2.81. The minimum Gasteiger partial charge on any atom is -0.298 e. The third kappa shape index (κ3) is 3.73. The molecule has 1 heterocycles. The van der Waals surface area contributed by atoms with Crippen molar-refractivity contribution in [2.75, 3.05) is 0 Å². The molecule has 7 heteroatoms. The number of aromatic nitrogens is 3. The Morgan fingerprint density at radius 2 is 1.90 bits per heavy atom. The van der Waals surface area contributed by atoms with Crippen molar-refractivity contribution in [3.8, 4) is 0 Å². The molecule has 1 aliphatic rings. The summed E-state index contributed by atoms with van der Waals surface area (Å²) in [6.07, 6.45) is 8.32. The van der Waals surface area contributed by atoms with Gasteiger partial charge in [-0.3, -0.25) is 4.57 Å². The van der Waals surface area contributed by atoms with Crippen LogP contribution in [0.5, 0.6) is 0 Å². The second-order valence-corrected chi connectivity index (χ2v) is 8.30. The number of nitrogens with zero attached hydrogens (tertiary/aromatic N) is 3. The summed E-state index contributed by atoms with van der Waals surface area (Å²) in [5, 5.41) is 7.67. The van der Waals surface area contributed by atoms with Crippen molar-refractivity contribution in [2.24, 2.45) is 5.92 Å². The molecule has 0 spiro atoms. The molecule has 0 aliphatic heterocycles. The van der Waals surface area contributed by atoms with E-state index in [-0.39, 0.29) is 11.2 Å². The van der Waals surface area contributed by atoms with Gasteiger partial charge in [0, 0.05) is 23.1 Å². The highest BCUT2D eigenvalue weighted by Gasteiger charge is 2.24. The molecule has 0 amide bonds. The average molecular weight is 320 g/mol. The van der Waals surface area contributed by atoms with Gasteiger partial charge in [-0.25, -0.2) is 8.42 Å². The predicted molar refractivity (Wildman–Crippen MR) is 78.3 cm³/mol. The van der Waals surface area contributed by atoms with Crippen LogP contribution in [0.25, 0.3) is 0 Å². The van der Waals surface area contributed by atoms with Crippen molar-refractivity contribution >= 4 is 19.7 Å². The standard InChI is InChI=1S/C13H22ClN3O2S/c1-10(2)17-12(15-16-13(17)20(14,18)19)9-8-11-6-4-3-5-7-11/h10-11H,3-9H2,1-2H3. The number of aryl methyl sites for hydroxylation is 1. The summed E-state index contributed by atoms with van der Waals surface area (Å²) in [6, 6.07) is -0.0186. The Bertz CT molecular complexity index is 548. The van der Waals surface area contributed by atoms with E-state index in [0.29, 0.717) is 0 Å². The Morgan fingerprint density at radius 1 is 1.25 bits per heavy atom. The molecule has 2 rings (SSSR count). The first kappa shape index (κ1) is 15.8. The monoisotopic (exact) mass is 319 g/mol. The van der Waals surface area contributed by atoms with Crippen LogP contribution in [0.2, 0.25) is 0 Å². The number of rotatable bonds is 5. The fourth-order valence-corrected chi connectivity index (χ4v) is 3.98. The first-order valence-corrected chi connectivity index (χ1v) is 9.59. The van der Waals surface area contributed by atoms with Crippen molar-refractivity contribution in [3.63, 3.8) is 0 Å². The first-order valence-electron chi connectivity index (χ1n) is 7.28. The van der Waals surface area contributed by atoms with E-state index in [1.807, 2.05) is 13.8 Å². The zero-order valence-electron chi connectivity index (χ0n) is 12.0. The van der Waals surface area contributed by atoms with E-state index >= 15 is 0 Å². The van der Waals surface area contributed by atoms with Crippen LogP contribution in [0.3, 0.4) is 0 Å². The summed E-state index contributed by atoms with van der Waals surface area (Å²) in [5.74, 6) is 1.46. The van der Waals surface area contributed by atoms with Crippen LogP contribution in [0, 0.1) is 5.92 Å². The molecule has 0 bridgehead atoms. The van der Waals surface area contributed by atoms with Gasteiger partial charge in [-0.15, -0.1) is 10.2 Å². The fourth-order valence-electron chi connectivity index (χ4n) is 2.97. The summed E-state index contributed by atoms with van der Waals surface area (Å²) < 4.78 is 24.7. The topological polar surface area (TPSA) is 64.8 Å². The zero-order valence-corrected chi connectivity index (χ0v) is 13.6. The predicted octanol–water partition coefficient (Wildman–Crippen LogP) is 3.30. The second-order valence-electron chi connectivity index (χ2n) is 5.84. The smallest absolute Gasteiger partial charge is 0.296 e. The van der Waals surface area contributed by atoms with Gasteiger partial charge in [-0.2, -0.15) is 0 Å². The molecule has 1 aromatic heterocycles. The van der Waals surface area contributed by atoms with Crippen molar-refractivity contribution in [1.29, 1.82) is 0 Å². The van der Waals surface area contributed by atoms with Crippen LogP contribution >= 0.6 is 10.7 Å². The maximum atomic E-state index is 11.5. The highest BCUT2D eigenvalue weighted by atomic mass is 35.7. The lowest BCUT2D eigenvalue weighted by Gasteiger charge is -2.21. The van der Waals surface area contributed by atoms with Gasteiger partial charge in [0.05, 0.1) is 0 Å². The zero-order chi connectivity index (χ0) is 14.8. The molecule has 0 atom stereocenters. The summed E-state index contributed by atoms with van der Waals surface area (Å²) >= 11 is 0. The van der Waals surface area contributed by atoms with E-state index in [2.05, 4.69) is 10.2 Å². The SMILES string of the molecule is CC(C)n1c(CCC2CCCCC2)nnc1S(=O)(=O)Cl. The number of hydrogen-bond acceptors (Lipinski definition) is 4. The van der Waals surface area contributed by atoms with Crippen LogP contribution in [0.4, 0.5) is 0 Å². The molecule has 1 aromatic rings. The second kappa shape index (κ2) is 6.43. The van der Waals surface area contributed by atoms with Crippen molar-refractivity contribution in [2.45, 2.75) is 70.0 Å². The third-order valence-corrected chi connectivity index (χ3v) is 5.10. The number of hydrogen-bond donors (Lipinski definition) is 0. The van der Waals surface area contributed by atoms with Gasteiger partial charge in [-0.05, 0) is 26.2 Å². The van der Waals surface area contributed by atoms with E-state index in [1.54, 1.807) is 4.57 Å². The van der Waals surface area contributed by atoms with E-state index in [0.717, 1.165) is 24.6 Å². The Balaban J connectivity index is 2.13. The molecule has 1 aliphatic carbocycles. The van der Waals surface area contributed by atoms with Crippen LogP contribution in [-0.2, 0) is 15.5 Å². The molecule has 20 heavy (non-hydrogen) atoms. The van der Waals surface area contributed by atoms with E-state index in [1.165, 1.54) is 32.1 Å². The quantitative estimate of drug-likeness (QED) is 0.781. The molecule has 0 aromatic carbocycles. The molecule has 1 fully saturated rings. The summed E-state index contributed by atoms with van der Waals surface area (Å²) in [6.45, 7) is 3.83. The molecular weight excluding hydrogens is 298 g/mol. The lowest BCUT2D eigenvalue weighted by Crippen LogP contribution is -2.14. The van der Waals surface area contributed by atoms with Gasteiger partial charge >= 0.3 is 0 Å². The van der Waals surface area contributed by atoms with E-state index < -0.39 is 9.05 Å². The lowest BCUT2D eigenvalue weighted by atomic mass is 9.86. The lowest BCUT2D eigenvalue weighted by molar-refractivity contribution is 0.334. The minimum atomic E-state index is -3.84. The molecule has 5 nitrogen and oxygen atoms in total. The molecule has 1 saturated carbocycles. The van der Waals surface area contributed by atoms with E-state index in [4.69, 9.17) is 10.7 Å². The Labute approximate surface area is 125 Å². The van der Waals surface area contributed by atoms with Crippen LogP contribution in [-0.4, -0.2) is 23.2 Å². The molecule has 0 saturated heterocycles. The van der Waals surface area contributed by atoms with Gasteiger partial charge in [0.15, 0.2) is 0 Å². The highest BCUT2D eigenvalue weighted by Crippen LogP contribution is 2.28. The largest absolute Gasteiger partial charge is 0.298 e. The first-order chi connectivity index (χ1) is 9.39. The molecule has 0 N–H and O–H groups in total. The summed E-state index contributed by atoms with van der Waals surface area (Å²) in [7, 11) is 1.58. The van der Waals surface area contributed by atoms with Crippen LogP contribution in [0.15, 0.2) is 5.16 Å². The van der Waals surface area contributed by atoms with Gasteiger partial charge in [-0.1, -0.05) is 32.1 Å². The van der Waals surface area contributed by atoms with Crippen LogP contribution in [0.1, 0.15) is 64.2 Å². The highest BCUT2D eigenvalue weighted by molar-refractivity contribution is 8.13. The van der Waals surface area contributed by atoms with E-state index in [9.17, 15) is 8.42 Å². The van der Waals surface area contributed by atoms with Gasteiger partial charge < -0.3 is 0 Å². The van der Waals surface area contributed by atoms with Crippen molar-refractivity contribution in [1.82, 2.24) is 14.8 Å². The van der Waals surface area contributed by atoms with Crippen LogP contribution < -0.4 is 0 Å². The molecule has 0 radical (unpaired) electrons. The Kier molecular flexibility index (Phi) is 5.07. The fraction of sp³-hybridized carbons (Fsp3) is 0.846. The van der Waals surface area contributed by atoms with Gasteiger partial charge in [0.25, 0.3) is 14.2 Å². The molecular formula is C13H22ClN3O2S. The molecule has 114 valence electrons. The van der Waals surface area contributed by atoms with Gasteiger partial charge in [0.1, 0.15) is 5.82 Å². The maximum absolute atomic E-state index is 11.5. The number of halogens is 1. The molecule has 0 unspecified atom stereocenters. The van der Waals surface area contributed by atoms with Crippen molar-refractivity contribution < 1.29 is 8.42 Å². The Hall–Kier alpha value is -0.620. The normalized spacial score (nSPS) is 17.8. The summed E-state index contributed by atoms with van der Waals surface area (Å²) in [4.78, 5) is 0. The van der Waals surface area contributed by atoms with Crippen molar-refractivity contribution in [3.05, 3.63) is 5.82 Å². The Morgan fingerprint density at radius 3 is 2.45 bits per heavy atom. The summed E-state index contributed by atoms with van der Waals surface area (Å²) in [5.41, 5.74) is 0. The third-order valence-electron chi connectivity index (χ3n) is 3.97.